The molecule has 0 spiro atoms. The predicted octanol–water partition coefficient (Wildman–Crippen LogP) is 3.03. The van der Waals surface area contributed by atoms with Crippen molar-refractivity contribution < 1.29 is 4.39 Å². The SMILES string of the molecule is Fc1ccc(I)cc1CN1CCCC1. The lowest BCUT2D eigenvalue weighted by molar-refractivity contribution is 0.325. The smallest absolute Gasteiger partial charge is 0.127 e. The molecule has 76 valence electrons. The molecule has 0 unspecified atom stereocenters. The lowest BCUT2D eigenvalue weighted by atomic mass is 10.2. The molecule has 0 radical (unpaired) electrons. The van der Waals surface area contributed by atoms with Gasteiger partial charge in [-0.1, -0.05) is 0 Å². The van der Waals surface area contributed by atoms with Gasteiger partial charge < -0.3 is 0 Å². The first kappa shape index (κ1) is 10.4. The first-order chi connectivity index (χ1) is 6.75. The van der Waals surface area contributed by atoms with E-state index < -0.39 is 0 Å². The Morgan fingerprint density at radius 2 is 2.00 bits per heavy atom. The average molecular weight is 305 g/mol. The number of hydrogen-bond acceptors (Lipinski definition) is 1. The molecular formula is C11H13FIN. The minimum atomic E-state index is -0.0719. The fourth-order valence-corrected chi connectivity index (χ4v) is 2.40. The minimum absolute atomic E-state index is 0.0719. The Hall–Kier alpha value is -0.160. The van der Waals surface area contributed by atoms with Crippen molar-refractivity contribution >= 4 is 22.6 Å². The van der Waals surface area contributed by atoms with E-state index in [9.17, 15) is 4.39 Å². The van der Waals surface area contributed by atoms with E-state index in [0.29, 0.717) is 0 Å². The molecule has 0 amide bonds. The van der Waals surface area contributed by atoms with Gasteiger partial charge in [0.1, 0.15) is 5.82 Å². The normalized spacial score (nSPS) is 17.6. The molecule has 1 fully saturated rings. The molecule has 3 heteroatoms. The van der Waals surface area contributed by atoms with Crippen molar-refractivity contribution in [2.24, 2.45) is 0 Å². The van der Waals surface area contributed by atoms with E-state index >= 15 is 0 Å². The molecule has 1 aliphatic heterocycles. The Morgan fingerprint density at radius 1 is 1.29 bits per heavy atom. The highest BCUT2D eigenvalue weighted by Gasteiger charge is 2.13. The van der Waals surface area contributed by atoms with E-state index in [4.69, 9.17) is 0 Å². The van der Waals surface area contributed by atoms with Crippen LogP contribution in [0, 0.1) is 9.39 Å². The topological polar surface area (TPSA) is 3.24 Å². The summed E-state index contributed by atoms with van der Waals surface area (Å²) in [5, 5.41) is 0. The van der Waals surface area contributed by atoms with E-state index in [1.807, 2.05) is 12.1 Å². The molecule has 1 heterocycles. The highest BCUT2D eigenvalue weighted by Crippen LogP contribution is 2.17. The maximum absolute atomic E-state index is 13.4. The molecule has 14 heavy (non-hydrogen) atoms. The van der Waals surface area contributed by atoms with Gasteiger partial charge in [-0.05, 0) is 66.7 Å². The summed E-state index contributed by atoms with van der Waals surface area (Å²) in [6, 6.07) is 5.31. The average Bonchev–Trinajstić information content (AvgIpc) is 2.64. The zero-order valence-electron chi connectivity index (χ0n) is 7.97. The summed E-state index contributed by atoms with van der Waals surface area (Å²) < 4.78 is 14.5. The van der Waals surface area contributed by atoms with Crippen LogP contribution in [0.2, 0.25) is 0 Å². The summed E-state index contributed by atoms with van der Waals surface area (Å²) in [5.41, 5.74) is 0.832. The summed E-state index contributed by atoms with van der Waals surface area (Å²) in [6.07, 6.45) is 2.51. The highest BCUT2D eigenvalue weighted by atomic mass is 127. The maximum atomic E-state index is 13.4. The molecule has 1 saturated heterocycles. The first-order valence-electron chi connectivity index (χ1n) is 4.92. The molecule has 1 aromatic carbocycles. The van der Waals surface area contributed by atoms with Gasteiger partial charge in [-0.25, -0.2) is 4.39 Å². The van der Waals surface area contributed by atoms with Crippen molar-refractivity contribution in [3.05, 3.63) is 33.1 Å². The van der Waals surface area contributed by atoms with Gasteiger partial charge in [-0.15, -0.1) is 0 Å². The zero-order valence-corrected chi connectivity index (χ0v) is 10.1. The summed E-state index contributed by atoms with van der Waals surface area (Å²) in [4.78, 5) is 2.31. The highest BCUT2D eigenvalue weighted by molar-refractivity contribution is 14.1. The molecule has 1 nitrogen and oxygen atoms in total. The molecule has 2 rings (SSSR count). The van der Waals surface area contributed by atoms with E-state index in [1.54, 1.807) is 6.07 Å². The van der Waals surface area contributed by atoms with Crippen LogP contribution < -0.4 is 0 Å². The van der Waals surface area contributed by atoms with Crippen LogP contribution in [-0.2, 0) is 6.54 Å². The lowest BCUT2D eigenvalue weighted by Gasteiger charge is -2.15. The maximum Gasteiger partial charge on any atom is 0.127 e. The van der Waals surface area contributed by atoms with Crippen molar-refractivity contribution in [2.45, 2.75) is 19.4 Å². The molecule has 0 aliphatic carbocycles. The van der Waals surface area contributed by atoms with Gasteiger partial charge in [0.15, 0.2) is 0 Å². The van der Waals surface area contributed by atoms with E-state index in [2.05, 4.69) is 27.5 Å². The largest absolute Gasteiger partial charge is 0.299 e. The number of rotatable bonds is 2. The molecule has 1 aliphatic rings. The number of hydrogen-bond donors (Lipinski definition) is 0. The zero-order chi connectivity index (χ0) is 9.97. The van der Waals surface area contributed by atoms with Gasteiger partial charge >= 0.3 is 0 Å². The van der Waals surface area contributed by atoms with Crippen molar-refractivity contribution in [3.8, 4) is 0 Å². The molecule has 0 N–H and O–H groups in total. The van der Waals surface area contributed by atoms with Crippen LogP contribution in [-0.4, -0.2) is 18.0 Å². The molecule has 0 bridgehead atoms. The molecule has 0 atom stereocenters. The first-order valence-corrected chi connectivity index (χ1v) is 6.00. The Bertz CT molecular complexity index is 321. The quantitative estimate of drug-likeness (QED) is 0.759. The minimum Gasteiger partial charge on any atom is -0.299 e. The second-order valence-electron chi connectivity index (χ2n) is 3.72. The number of nitrogens with zero attached hydrogens (tertiary/aromatic N) is 1. The molecule has 1 aromatic rings. The van der Waals surface area contributed by atoms with E-state index in [0.717, 1.165) is 28.8 Å². The standard InChI is InChI=1S/C11H13FIN/c12-11-4-3-10(13)7-9(11)8-14-5-1-2-6-14/h3-4,7H,1-2,5-6,8H2. The lowest BCUT2D eigenvalue weighted by Crippen LogP contribution is -2.19. The number of benzene rings is 1. The van der Waals surface area contributed by atoms with Gasteiger partial charge in [0.05, 0.1) is 0 Å². The van der Waals surface area contributed by atoms with E-state index in [1.165, 1.54) is 12.8 Å². The van der Waals surface area contributed by atoms with Gasteiger partial charge in [0.2, 0.25) is 0 Å². The molecular weight excluding hydrogens is 292 g/mol. The summed E-state index contributed by atoms with van der Waals surface area (Å²) in [6.45, 7) is 3.00. The van der Waals surface area contributed by atoms with Crippen LogP contribution in [0.25, 0.3) is 0 Å². The van der Waals surface area contributed by atoms with Crippen LogP contribution in [0.3, 0.4) is 0 Å². The second-order valence-corrected chi connectivity index (χ2v) is 4.96. The Kier molecular flexibility index (Phi) is 3.38. The van der Waals surface area contributed by atoms with Gasteiger partial charge in [-0.2, -0.15) is 0 Å². The van der Waals surface area contributed by atoms with Crippen molar-refractivity contribution in [2.75, 3.05) is 13.1 Å². The van der Waals surface area contributed by atoms with Crippen LogP contribution in [0.1, 0.15) is 18.4 Å². The van der Waals surface area contributed by atoms with Crippen LogP contribution in [0.15, 0.2) is 18.2 Å². The Labute approximate surface area is 97.4 Å². The third-order valence-corrected chi connectivity index (χ3v) is 3.27. The second kappa shape index (κ2) is 4.57. The fourth-order valence-electron chi connectivity index (χ4n) is 1.85. The predicted molar refractivity (Wildman–Crippen MR) is 63.6 cm³/mol. The summed E-state index contributed by atoms with van der Waals surface area (Å²) in [7, 11) is 0. The number of halogens is 2. The Balaban J connectivity index is 2.10. The van der Waals surface area contributed by atoms with Crippen LogP contribution >= 0.6 is 22.6 Å². The Morgan fingerprint density at radius 3 is 2.71 bits per heavy atom. The van der Waals surface area contributed by atoms with Crippen molar-refractivity contribution in [1.29, 1.82) is 0 Å². The van der Waals surface area contributed by atoms with E-state index in [-0.39, 0.29) is 5.82 Å². The monoisotopic (exact) mass is 305 g/mol. The summed E-state index contributed by atoms with van der Waals surface area (Å²) >= 11 is 2.22. The third-order valence-electron chi connectivity index (χ3n) is 2.60. The molecule has 0 saturated carbocycles. The van der Waals surface area contributed by atoms with Gasteiger partial charge in [0, 0.05) is 15.7 Å². The van der Waals surface area contributed by atoms with Gasteiger partial charge in [-0.3, -0.25) is 4.90 Å². The molecule has 0 aromatic heterocycles. The van der Waals surface area contributed by atoms with Crippen molar-refractivity contribution in [1.82, 2.24) is 4.90 Å². The van der Waals surface area contributed by atoms with Gasteiger partial charge in [0.25, 0.3) is 0 Å². The van der Waals surface area contributed by atoms with Crippen molar-refractivity contribution in [3.63, 3.8) is 0 Å². The third kappa shape index (κ3) is 2.45. The van der Waals surface area contributed by atoms with Crippen LogP contribution in [0.4, 0.5) is 4.39 Å². The summed E-state index contributed by atoms with van der Waals surface area (Å²) in [5.74, 6) is -0.0719. The number of likely N-dealkylation sites (tertiary alicyclic amines) is 1. The fraction of sp³-hybridized carbons (Fsp3) is 0.455. The van der Waals surface area contributed by atoms with Crippen LogP contribution in [0.5, 0.6) is 0 Å².